The van der Waals surface area contributed by atoms with E-state index in [4.69, 9.17) is 0 Å². The summed E-state index contributed by atoms with van der Waals surface area (Å²) in [6.45, 7) is 4.10. The lowest BCUT2D eigenvalue weighted by Gasteiger charge is -2.23. The molecule has 0 bridgehead atoms. The SMILES string of the molecule is CNCCCC(=O)N(Cc1cccc(C)c1)Cc1ccccn1. The van der Waals surface area contributed by atoms with Crippen molar-refractivity contribution in [3.05, 3.63) is 65.5 Å². The second-order valence-corrected chi connectivity index (χ2v) is 5.77. The Balaban J connectivity index is 2.08. The normalized spacial score (nSPS) is 10.5. The molecule has 0 radical (unpaired) electrons. The summed E-state index contributed by atoms with van der Waals surface area (Å²) in [4.78, 5) is 18.8. The van der Waals surface area contributed by atoms with Crippen LogP contribution in [0.1, 0.15) is 29.7 Å². The number of rotatable bonds is 8. The van der Waals surface area contributed by atoms with Crippen molar-refractivity contribution in [2.45, 2.75) is 32.9 Å². The van der Waals surface area contributed by atoms with Crippen molar-refractivity contribution < 1.29 is 4.79 Å². The van der Waals surface area contributed by atoms with Gasteiger partial charge in [0.2, 0.25) is 5.91 Å². The summed E-state index contributed by atoms with van der Waals surface area (Å²) in [5.41, 5.74) is 3.29. The average Bonchev–Trinajstić information content (AvgIpc) is 2.55. The first-order chi connectivity index (χ1) is 11.2. The fraction of sp³-hybridized carbons (Fsp3) is 0.368. The number of nitrogens with one attached hydrogen (secondary N) is 1. The summed E-state index contributed by atoms with van der Waals surface area (Å²) < 4.78 is 0. The van der Waals surface area contributed by atoms with Crippen LogP contribution in [0.2, 0.25) is 0 Å². The monoisotopic (exact) mass is 311 g/mol. The number of nitrogens with zero attached hydrogens (tertiary/aromatic N) is 2. The quantitative estimate of drug-likeness (QED) is 0.762. The first kappa shape index (κ1) is 17.2. The van der Waals surface area contributed by atoms with Crippen molar-refractivity contribution in [2.75, 3.05) is 13.6 Å². The minimum atomic E-state index is 0.174. The molecule has 2 aromatic rings. The largest absolute Gasteiger partial charge is 0.332 e. The highest BCUT2D eigenvalue weighted by atomic mass is 16.2. The zero-order valence-corrected chi connectivity index (χ0v) is 14.0. The number of carbonyl (C=O) groups is 1. The Morgan fingerprint density at radius 2 is 2.04 bits per heavy atom. The zero-order chi connectivity index (χ0) is 16.5. The fourth-order valence-electron chi connectivity index (χ4n) is 2.52. The topological polar surface area (TPSA) is 45.2 Å². The number of amides is 1. The number of aryl methyl sites for hydroxylation is 1. The minimum absolute atomic E-state index is 0.174. The molecule has 1 aromatic carbocycles. The van der Waals surface area contributed by atoms with E-state index < -0.39 is 0 Å². The van der Waals surface area contributed by atoms with Gasteiger partial charge in [0.1, 0.15) is 0 Å². The van der Waals surface area contributed by atoms with Gasteiger partial charge < -0.3 is 10.2 Å². The van der Waals surface area contributed by atoms with E-state index in [0.29, 0.717) is 19.5 Å². The molecule has 1 heterocycles. The number of pyridine rings is 1. The van der Waals surface area contributed by atoms with Crippen molar-refractivity contribution in [3.8, 4) is 0 Å². The molecule has 0 aliphatic rings. The molecule has 2 rings (SSSR count). The van der Waals surface area contributed by atoms with E-state index in [-0.39, 0.29) is 5.91 Å². The number of benzene rings is 1. The molecule has 4 nitrogen and oxygen atoms in total. The maximum absolute atomic E-state index is 12.6. The van der Waals surface area contributed by atoms with Gasteiger partial charge in [-0.15, -0.1) is 0 Å². The Morgan fingerprint density at radius 1 is 1.17 bits per heavy atom. The van der Waals surface area contributed by atoms with E-state index in [9.17, 15) is 4.79 Å². The molecule has 0 spiro atoms. The molecule has 0 saturated carbocycles. The Hall–Kier alpha value is -2.20. The molecular formula is C19H25N3O. The third kappa shape index (κ3) is 5.83. The van der Waals surface area contributed by atoms with Gasteiger partial charge in [0.05, 0.1) is 12.2 Å². The number of hydrogen-bond donors (Lipinski definition) is 1. The molecular weight excluding hydrogens is 286 g/mol. The highest BCUT2D eigenvalue weighted by Crippen LogP contribution is 2.12. The second-order valence-electron chi connectivity index (χ2n) is 5.77. The van der Waals surface area contributed by atoms with E-state index >= 15 is 0 Å². The highest BCUT2D eigenvalue weighted by Gasteiger charge is 2.15. The van der Waals surface area contributed by atoms with E-state index in [2.05, 4.69) is 35.4 Å². The van der Waals surface area contributed by atoms with Gasteiger partial charge in [0.15, 0.2) is 0 Å². The van der Waals surface area contributed by atoms with Gasteiger partial charge in [0, 0.05) is 19.2 Å². The summed E-state index contributed by atoms with van der Waals surface area (Å²) in [5, 5.41) is 3.09. The van der Waals surface area contributed by atoms with Gasteiger partial charge in [-0.25, -0.2) is 0 Å². The maximum atomic E-state index is 12.6. The first-order valence-electron chi connectivity index (χ1n) is 8.07. The van der Waals surface area contributed by atoms with Gasteiger partial charge >= 0.3 is 0 Å². The third-order valence-corrected chi connectivity index (χ3v) is 3.71. The van der Waals surface area contributed by atoms with Gasteiger partial charge in [-0.05, 0) is 44.6 Å². The van der Waals surface area contributed by atoms with Crippen LogP contribution in [0.15, 0.2) is 48.7 Å². The lowest BCUT2D eigenvalue weighted by atomic mass is 10.1. The van der Waals surface area contributed by atoms with Gasteiger partial charge in [-0.3, -0.25) is 9.78 Å². The second kappa shape index (κ2) is 9.06. The molecule has 1 aromatic heterocycles. The third-order valence-electron chi connectivity index (χ3n) is 3.71. The fourth-order valence-corrected chi connectivity index (χ4v) is 2.52. The number of aromatic nitrogens is 1. The molecule has 122 valence electrons. The maximum Gasteiger partial charge on any atom is 0.223 e. The van der Waals surface area contributed by atoms with E-state index in [1.807, 2.05) is 36.2 Å². The van der Waals surface area contributed by atoms with Crippen molar-refractivity contribution in [1.82, 2.24) is 15.2 Å². The standard InChI is InChI=1S/C19H25N3O/c1-16-7-5-8-17(13-16)14-22(19(23)10-6-11-20-2)15-18-9-3-4-12-21-18/h3-5,7-9,12-13,20H,6,10-11,14-15H2,1-2H3. The smallest absolute Gasteiger partial charge is 0.223 e. The Labute approximate surface area is 138 Å². The first-order valence-corrected chi connectivity index (χ1v) is 8.07. The van der Waals surface area contributed by atoms with Crippen molar-refractivity contribution >= 4 is 5.91 Å². The van der Waals surface area contributed by atoms with E-state index in [1.165, 1.54) is 5.56 Å². The Bertz CT molecular complexity index is 613. The summed E-state index contributed by atoms with van der Waals surface area (Å²) in [7, 11) is 1.91. The summed E-state index contributed by atoms with van der Waals surface area (Å²) in [6.07, 6.45) is 3.17. The van der Waals surface area contributed by atoms with Crippen LogP contribution < -0.4 is 5.32 Å². The van der Waals surface area contributed by atoms with Crippen LogP contribution >= 0.6 is 0 Å². The lowest BCUT2D eigenvalue weighted by molar-refractivity contribution is -0.132. The molecule has 0 fully saturated rings. The molecule has 1 amide bonds. The van der Waals surface area contributed by atoms with Gasteiger partial charge in [0.25, 0.3) is 0 Å². The van der Waals surface area contributed by atoms with Crippen LogP contribution in [0, 0.1) is 6.92 Å². The molecule has 0 aliphatic carbocycles. The molecule has 0 atom stereocenters. The molecule has 1 N–H and O–H groups in total. The van der Waals surface area contributed by atoms with Crippen LogP contribution in [0.25, 0.3) is 0 Å². The molecule has 4 heteroatoms. The lowest BCUT2D eigenvalue weighted by Crippen LogP contribution is -2.30. The van der Waals surface area contributed by atoms with Crippen molar-refractivity contribution in [2.24, 2.45) is 0 Å². The Morgan fingerprint density at radius 3 is 2.74 bits per heavy atom. The summed E-state index contributed by atoms with van der Waals surface area (Å²) >= 11 is 0. The predicted octanol–water partition coefficient (Wildman–Crippen LogP) is 2.92. The Kier molecular flexibility index (Phi) is 6.76. The molecule has 23 heavy (non-hydrogen) atoms. The van der Waals surface area contributed by atoms with Gasteiger partial charge in [-0.1, -0.05) is 35.9 Å². The minimum Gasteiger partial charge on any atom is -0.332 e. The van der Waals surface area contributed by atoms with Crippen molar-refractivity contribution in [1.29, 1.82) is 0 Å². The highest BCUT2D eigenvalue weighted by molar-refractivity contribution is 5.76. The van der Waals surface area contributed by atoms with Crippen LogP contribution in [-0.4, -0.2) is 29.4 Å². The van der Waals surface area contributed by atoms with Crippen molar-refractivity contribution in [3.63, 3.8) is 0 Å². The van der Waals surface area contributed by atoms with Gasteiger partial charge in [-0.2, -0.15) is 0 Å². The zero-order valence-electron chi connectivity index (χ0n) is 14.0. The molecule has 0 saturated heterocycles. The van der Waals surface area contributed by atoms with Crippen LogP contribution in [-0.2, 0) is 17.9 Å². The average molecular weight is 311 g/mol. The van der Waals surface area contributed by atoms with Crippen LogP contribution in [0.3, 0.4) is 0 Å². The summed E-state index contributed by atoms with van der Waals surface area (Å²) in [6, 6.07) is 14.1. The van der Waals surface area contributed by atoms with Crippen LogP contribution in [0.5, 0.6) is 0 Å². The predicted molar refractivity (Wildman–Crippen MR) is 92.8 cm³/mol. The number of carbonyl (C=O) groups excluding carboxylic acids is 1. The number of hydrogen-bond acceptors (Lipinski definition) is 3. The molecule has 0 aliphatic heterocycles. The molecule has 0 unspecified atom stereocenters. The van der Waals surface area contributed by atoms with E-state index in [1.54, 1.807) is 6.20 Å². The van der Waals surface area contributed by atoms with Crippen LogP contribution in [0.4, 0.5) is 0 Å². The summed E-state index contributed by atoms with van der Waals surface area (Å²) in [5.74, 6) is 0.174. The van der Waals surface area contributed by atoms with E-state index in [0.717, 1.165) is 24.2 Å².